The third-order valence-corrected chi connectivity index (χ3v) is 2.98. The molecule has 0 saturated heterocycles. The number of aliphatic hydroxyl groups excluding tert-OH is 1. The zero-order valence-electron chi connectivity index (χ0n) is 12.0. The van der Waals surface area contributed by atoms with E-state index in [0.717, 1.165) is 0 Å². The molecule has 0 radical (unpaired) electrons. The van der Waals surface area contributed by atoms with Crippen LogP contribution in [0.25, 0.3) is 0 Å². The molecule has 9 nitrogen and oxygen atoms in total. The van der Waals surface area contributed by atoms with Gasteiger partial charge in [0.2, 0.25) is 11.6 Å². The minimum atomic E-state index is -0.529. The number of hydrogen-bond donors (Lipinski definition) is 2. The van der Waals surface area contributed by atoms with Crippen LogP contribution in [-0.2, 0) is 0 Å². The number of anilines is 3. The monoisotopic (exact) mass is 304 g/mol. The first-order chi connectivity index (χ1) is 10.7. The highest BCUT2D eigenvalue weighted by Gasteiger charge is 2.26. The van der Waals surface area contributed by atoms with E-state index in [9.17, 15) is 10.1 Å². The van der Waals surface area contributed by atoms with E-state index in [1.165, 1.54) is 6.33 Å². The summed E-state index contributed by atoms with van der Waals surface area (Å²) in [7, 11) is 0. The quantitative estimate of drug-likeness (QED) is 0.581. The van der Waals surface area contributed by atoms with E-state index in [2.05, 4.69) is 20.3 Å². The van der Waals surface area contributed by atoms with Crippen molar-refractivity contribution in [3.8, 4) is 0 Å². The van der Waals surface area contributed by atoms with Gasteiger partial charge in [0, 0.05) is 31.2 Å². The summed E-state index contributed by atoms with van der Waals surface area (Å²) in [5, 5.41) is 23.4. The Morgan fingerprint density at radius 2 is 2.09 bits per heavy atom. The number of pyridine rings is 1. The van der Waals surface area contributed by atoms with Crippen molar-refractivity contribution in [3.63, 3.8) is 0 Å². The fourth-order valence-corrected chi connectivity index (χ4v) is 1.97. The maximum Gasteiger partial charge on any atom is 0.353 e. The van der Waals surface area contributed by atoms with Crippen LogP contribution in [0.2, 0.25) is 0 Å². The Bertz CT molecular complexity index is 637. The number of hydrogen-bond acceptors (Lipinski definition) is 8. The standard InChI is InChI=1S/C13H16N6O3/c1-2-18(7-8-20)13-11(19(21)22)12(15-9-16-13)17-10-3-5-14-6-4-10/h3-6,9,20H,2,7-8H2,1H3,(H,14,15,16,17). The minimum absolute atomic E-state index is 0.0950. The van der Waals surface area contributed by atoms with Crippen molar-refractivity contribution in [2.45, 2.75) is 6.92 Å². The summed E-state index contributed by atoms with van der Waals surface area (Å²) >= 11 is 0. The molecule has 2 rings (SSSR count). The summed E-state index contributed by atoms with van der Waals surface area (Å²) < 4.78 is 0. The largest absolute Gasteiger partial charge is 0.395 e. The van der Waals surface area contributed by atoms with Gasteiger partial charge in [-0.25, -0.2) is 9.97 Å². The van der Waals surface area contributed by atoms with Crippen molar-refractivity contribution in [3.05, 3.63) is 41.0 Å². The van der Waals surface area contributed by atoms with E-state index < -0.39 is 4.92 Å². The third kappa shape index (κ3) is 3.44. The summed E-state index contributed by atoms with van der Waals surface area (Å²) in [6, 6.07) is 3.35. The first-order valence-electron chi connectivity index (χ1n) is 6.69. The number of nitro groups is 1. The lowest BCUT2D eigenvalue weighted by atomic mass is 10.3. The zero-order chi connectivity index (χ0) is 15.9. The average Bonchev–Trinajstić information content (AvgIpc) is 2.53. The summed E-state index contributed by atoms with van der Waals surface area (Å²) in [6.45, 7) is 2.44. The summed E-state index contributed by atoms with van der Waals surface area (Å²) in [4.78, 5) is 24.4. The normalized spacial score (nSPS) is 10.3. The Morgan fingerprint density at radius 3 is 2.68 bits per heavy atom. The number of nitrogens with zero attached hydrogens (tertiary/aromatic N) is 5. The highest BCUT2D eigenvalue weighted by molar-refractivity contribution is 5.74. The van der Waals surface area contributed by atoms with Crippen LogP contribution in [0.3, 0.4) is 0 Å². The molecule has 2 aromatic heterocycles. The maximum absolute atomic E-state index is 11.4. The van der Waals surface area contributed by atoms with Crippen molar-refractivity contribution >= 4 is 23.0 Å². The predicted octanol–water partition coefficient (Wildman–Crippen LogP) is 1.34. The second-order valence-corrected chi connectivity index (χ2v) is 4.32. The molecule has 2 N–H and O–H groups in total. The molecular weight excluding hydrogens is 288 g/mol. The molecular formula is C13H16N6O3. The van der Waals surface area contributed by atoms with Gasteiger partial charge in [-0.05, 0) is 19.1 Å². The molecule has 0 saturated carbocycles. The van der Waals surface area contributed by atoms with Crippen LogP contribution in [0.4, 0.5) is 23.0 Å². The smallest absolute Gasteiger partial charge is 0.353 e. The van der Waals surface area contributed by atoms with Gasteiger partial charge in [-0.2, -0.15) is 0 Å². The Labute approximate surface area is 126 Å². The van der Waals surface area contributed by atoms with Crippen LogP contribution in [0, 0.1) is 10.1 Å². The maximum atomic E-state index is 11.4. The molecule has 0 bridgehead atoms. The van der Waals surface area contributed by atoms with Gasteiger partial charge in [0.05, 0.1) is 11.5 Å². The number of aromatic nitrogens is 3. The van der Waals surface area contributed by atoms with Gasteiger partial charge in [0.25, 0.3) is 0 Å². The number of rotatable bonds is 7. The summed E-state index contributed by atoms with van der Waals surface area (Å²) in [6.07, 6.45) is 4.40. The first kappa shape index (κ1) is 15.6. The molecule has 0 aliphatic heterocycles. The molecule has 0 aromatic carbocycles. The molecule has 116 valence electrons. The molecule has 22 heavy (non-hydrogen) atoms. The Hall–Kier alpha value is -2.81. The molecule has 0 amide bonds. The Balaban J connectivity index is 2.44. The fourth-order valence-electron chi connectivity index (χ4n) is 1.97. The molecule has 0 unspecified atom stereocenters. The molecule has 9 heteroatoms. The van der Waals surface area contributed by atoms with E-state index in [-0.39, 0.29) is 30.5 Å². The molecule has 0 aliphatic carbocycles. The van der Waals surface area contributed by atoms with E-state index in [1.54, 1.807) is 29.4 Å². The van der Waals surface area contributed by atoms with Crippen molar-refractivity contribution in [1.82, 2.24) is 15.0 Å². The average molecular weight is 304 g/mol. The van der Waals surface area contributed by atoms with Crippen LogP contribution < -0.4 is 10.2 Å². The highest BCUT2D eigenvalue weighted by Crippen LogP contribution is 2.33. The molecule has 0 aliphatic rings. The summed E-state index contributed by atoms with van der Waals surface area (Å²) in [5.41, 5.74) is 0.405. The van der Waals surface area contributed by atoms with Crippen LogP contribution >= 0.6 is 0 Å². The van der Waals surface area contributed by atoms with Gasteiger partial charge >= 0.3 is 5.69 Å². The molecule has 2 aromatic rings. The Kier molecular flexibility index (Phi) is 5.15. The van der Waals surface area contributed by atoms with E-state index >= 15 is 0 Å². The zero-order valence-corrected chi connectivity index (χ0v) is 12.0. The number of nitrogens with one attached hydrogen (secondary N) is 1. The third-order valence-electron chi connectivity index (χ3n) is 2.98. The first-order valence-corrected chi connectivity index (χ1v) is 6.69. The molecule has 0 spiro atoms. The fraction of sp³-hybridized carbons (Fsp3) is 0.308. The lowest BCUT2D eigenvalue weighted by Crippen LogP contribution is -2.28. The van der Waals surface area contributed by atoms with Crippen molar-refractivity contribution in [2.24, 2.45) is 0 Å². The lowest BCUT2D eigenvalue weighted by molar-refractivity contribution is -0.383. The summed E-state index contributed by atoms with van der Waals surface area (Å²) in [5.74, 6) is 0.269. The molecule has 0 fully saturated rings. The second kappa shape index (κ2) is 7.27. The lowest BCUT2D eigenvalue weighted by Gasteiger charge is -2.20. The molecule has 2 heterocycles. The second-order valence-electron chi connectivity index (χ2n) is 4.32. The number of aliphatic hydroxyl groups is 1. The number of likely N-dealkylation sites (N-methyl/N-ethyl adjacent to an activating group) is 1. The van der Waals surface area contributed by atoms with Crippen LogP contribution in [0.1, 0.15) is 6.92 Å². The van der Waals surface area contributed by atoms with E-state index in [0.29, 0.717) is 12.2 Å². The Morgan fingerprint density at radius 1 is 1.36 bits per heavy atom. The highest BCUT2D eigenvalue weighted by atomic mass is 16.6. The van der Waals surface area contributed by atoms with Crippen LogP contribution in [0.5, 0.6) is 0 Å². The van der Waals surface area contributed by atoms with E-state index in [1.807, 2.05) is 6.92 Å². The van der Waals surface area contributed by atoms with Gasteiger partial charge in [-0.1, -0.05) is 0 Å². The predicted molar refractivity (Wildman–Crippen MR) is 81.2 cm³/mol. The van der Waals surface area contributed by atoms with Crippen LogP contribution in [0.15, 0.2) is 30.9 Å². The van der Waals surface area contributed by atoms with E-state index in [4.69, 9.17) is 5.11 Å². The van der Waals surface area contributed by atoms with Crippen molar-refractivity contribution < 1.29 is 10.0 Å². The topological polar surface area (TPSA) is 117 Å². The van der Waals surface area contributed by atoms with Gasteiger partial charge in [-0.15, -0.1) is 0 Å². The molecule has 0 atom stereocenters. The van der Waals surface area contributed by atoms with Gasteiger partial charge < -0.3 is 15.3 Å². The van der Waals surface area contributed by atoms with Gasteiger partial charge in [-0.3, -0.25) is 15.1 Å². The van der Waals surface area contributed by atoms with Crippen LogP contribution in [-0.4, -0.2) is 44.7 Å². The van der Waals surface area contributed by atoms with Gasteiger partial charge in [0.1, 0.15) is 6.33 Å². The minimum Gasteiger partial charge on any atom is -0.395 e. The van der Waals surface area contributed by atoms with Crippen molar-refractivity contribution in [1.29, 1.82) is 0 Å². The SMILES string of the molecule is CCN(CCO)c1ncnc(Nc2ccncc2)c1[N+](=O)[O-]. The van der Waals surface area contributed by atoms with Gasteiger partial charge in [0.15, 0.2) is 0 Å². The van der Waals surface area contributed by atoms with Crippen molar-refractivity contribution in [2.75, 3.05) is 29.9 Å².